The van der Waals surface area contributed by atoms with Crippen molar-refractivity contribution in [2.45, 2.75) is 31.3 Å². The Hall–Kier alpha value is -1.67. The number of carboxylic acids is 3. The van der Waals surface area contributed by atoms with Crippen molar-refractivity contribution in [3.63, 3.8) is 0 Å². The van der Waals surface area contributed by atoms with Gasteiger partial charge in [-0.25, -0.2) is 0 Å². The quantitative estimate of drug-likeness (QED) is 0.438. The number of aliphatic carboxylic acids is 3. The smallest absolute Gasteiger partial charge is 0.253 e. The predicted octanol–water partition coefficient (Wildman–Crippen LogP) is -4.87. The third-order valence-corrected chi connectivity index (χ3v) is 2.12. The molecule has 0 bridgehead atoms. The van der Waals surface area contributed by atoms with Crippen LogP contribution in [-0.4, -0.2) is 35.9 Å². The molecule has 1 aliphatic rings. The van der Waals surface area contributed by atoms with E-state index in [4.69, 9.17) is 0 Å². The van der Waals surface area contributed by atoms with Crippen molar-refractivity contribution in [2.75, 3.05) is 0 Å². The fourth-order valence-electron chi connectivity index (χ4n) is 1.33. The Balaban J connectivity index is 3.06. The van der Waals surface area contributed by atoms with Crippen LogP contribution in [0, 0.1) is 0 Å². The zero-order valence-corrected chi connectivity index (χ0v) is 8.13. The minimum Gasteiger partial charge on any atom is -0.547 e. The molecule has 0 N–H and O–H groups in total. The minimum atomic E-state index is -3.19. The Labute approximate surface area is 89.4 Å². The van der Waals surface area contributed by atoms with Gasteiger partial charge in [0.2, 0.25) is 0 Å². The zero-order valence-electron chi connectivity index (χ0n) is 8.13. The van der Waals surface area contributed by atoms with Gasteiger partial charge in [-0.1, -0.05) is 6.92 Å². The van der Waals surface area contributed by atoms with Crippen LogP contribution in [0.3, 0.4) is 0 Å². The molecule has 8 nitrogen and oxygen atoms in total. The van der Waals surface area contributed by atoms with Crippen LogP contribution in [-0.2, 0) is 23.9 Å². The Morgan fingerprint density at radius 3 is 1.88 bits per heavy atom. The second-order valence-electron chi connectivity index (χ2n) is 3.11. The van der Waals surface area contributed by atoms with Crippen molar-refractivity contribution >= 4 is 17.9 Å². The normalized spacial score (nSPS) is 27.6. The zero-order chi connectivity index (χ0) is 12.5. The van der Waals surface area contributed by atoms with Gasteiger partial charge in [-0.3, -0.25) is 0 Å². The number of ether oxygens (including phenoxy) is 2. The van der Waals surface area contributed by atoms with Crippen molar-refractivity contribution in [3.05, 3.63) is 0 Å². The molecule has 0 aromatic heterocycles. The molecular formula is C8H7O8-3. The van der Waals surface area contributed by atoms with E-state index in [-0.39, 0.29) is 6.42 Å². The van der Waals surface area contributed by atoms with Crippen molar-refractivity contribution < 1.29 is 39.2 Å². The molecule has 0 aliphatic carbocycles. The van der Waals surface area contributed by atoms with Crippen molar-refractivity contribution in [2.24, 2.45) is 0 Å². The van der Waals surface area contributed by atoms with Crippen LogP contribution in [0.25, 0.3) is 0 Å². The fraction of sp³-hybridized carbons (Fsp3) is 0.625. The molecule has 1 fully saturated rings. The van der Waals surface area contributed by atoms with E-state index in [9.17, 15) is 29.7 Å². The summed E-state index contributed by atoms with van der Waals surface area (Å²) >= 11 is 0. The minimum absolute atomic E-state index is 0.0287. The Morgan fingerprint density at radius 1 is 1.12 bits per heavy atom. The highest BCUT2D eigenvalue weighted by Gasteiger charge is 2.50. The van der Waals surface area contributed by atoms with Crippen LogP contribution in [0.15, 0.2) is 0 Å². The van der Waals surface area contributed by atoms with Crippen molar-refractivity contribution in [1.29, 1.82) is 0 Å². The van der Waals surface area contributed by atoms with Gasteiger partial charge in [-0.2, -0.15) is 0 Å². The van der Waals surface area contributed by atoms with Crippen LogP contribution in [0.5, 0.6) is 0 Å². The van der Waals surface area contributed by atoms with Gasteiger partial charge in [0.05, 0.1) is 12.1 Å². The van der Waals surface area contributed by atoms with Crippen LogP contribution >= 0.6 is 0 Å². The summed E-state index contributed by atoms with van der Waals surface area (Å²) in [6.45, 7) is 1.46. The largest absolute Gasteiger partial charge is 0.547 e. The van der Waals surface area contributed by atoms with Gasteiger partial charge in [0.15, 0.2) is 0 Å². The Morgan fingerprint density at radius 2 is 1.62 bits per heavy atom. The van der Waals surface area contributed by atoms with Crippen LogP contribution < -0.4 is 15.3 Å². The van der Waals surface area contributed by atoms with Gasteiger partial charge < -0.3 is 39.2 Å². The second-order valence-corrected chi connectivity index (χ2v) is 3.11. The monoisotopic (exact) mass is 231 g/mol. The van der Waals surface area contributed by atoms with Gasteiger partial charge in [0.25, 0.3) is 5.79 Å². The first-order chi connectivity index (χ1) is 7.35. The van der Waals surface area contributed by atoms with E-state index < -0.39 is 35.9 Å². The molecule has 0 aromatic rings. The topological polar surface area (TPSA) is 139 Å². The second kappa shape index (κ2) is 4.06. The highest BCUT2D eigenvalue weighted by molar-refractivity contribution is 5.98. The van der Waals surface area contributed by atoms with Gasteiger partial charge in [0.1, 0.15) is 18.0 Å². The number of hydrogen-bond donors (Lipinski definition) is 0. The lowest BCUT2D eigenvalue weighted by Gasteiger charge is -2.29. The average molecular weight is 231 g/mol. The molecule has 0 radical (unpaired) electrons. The summed E-state index contributed by atoms with van der Waals surface area (Å²) in [5, 5.41) is 31.8. The lowest BCUT2D eigenvalue weighted by molar-refractivity contribution is -0.376. The van der Waals surface area contributed by atoms with Gasteiger partial charge in [0, 0.05) is 0 Å². The van der Waals surface area contributed by atoms with Crippen molar-refractivity contribution in [3.8, 4) is 0 Å². The lowest BCUT2D eigenvalue weighted by Crippen LogP contribution is -2.61. The summed E-state index contributed by atoms with van der Waals surface area (Å²) in [6.07, 6.45) is -3.01. The molecule has 90 valence electrons. The van der Waals surface area contributed by atoms with Crippen LogP contribution in [0.1, 0.15) is 13.3 Å². The number of rotatable bonds is 4. The SMILES string of the molecule is CCC1OC(C(=O)[O-])(C(=O)[O-])OC1C(=O)[O-]. The highest BCUT2D eigenvalue weighted by Crippen LogP contribution is 2.29. The molecule has 2 atom stereocenters. The molecular weight excluding hydrogens is 224 g/mol. The molecule has 1 aliphatic heterocycles. The van der Waals surface area contributed by atoms with Crippen LogP contribution in [0.2, 0.25) is 0 Å². The predicted molar refractivity (Wildman–Crippen MR) is 37.8 cm³/mol. The highest BCUT2D eigenvalue weighted by atomic mass is 16.8. The maximum absolute atomic E-state index is 10.6. The fourth-order valence-corrected chi connectivity index (χ4v) is 1.33. The maximum Gasteiger partial charge on any atom is 0.253 e. The summed E-state index contributed by atoms with van der Waals surface area (Å²) < 4.78 is 8.86. The number of carbonyl (C=O) groups is 3. The molecule has 1 heterocycles. The number of carboxylic acid groups (broad SMARTS) is 3. The molecule has 2 unspecified atom stereocenters. The molecule has 0 amide bonds. The first kappa shape index (κ1) is 12.4. The molecule has 1 rings (SSSR count). The van der Waals surface area contributed by atoms with Gasteiger partial charge in [-0.15, -0.1) is 0 Å². The molecule has 8 heteroatoms. The maximum atomic E-state index is 10.6. The van der Waals surface area contributed by atoms with Gasteiger partial charge >= 0.3 is 0 Å². The third kappa shape index (κ3) is 1.72. The van der Waals surface area contributed by atoms with E-state index in [1.807, 2.05) is 0 Å². The van der Waals surface area contributed by atoms with E-state index in [2.05, 4.69) is 9.47 Å². The third-order valence-electron chi connectivity index (χ3n) is 2.12. The number of carbonyl (C=O) groups excluding carboxylic acids is 3. The molecule has 0 saturated carbocycles. The van der Waals surface area contributed by atoms with E-state index in [1.165, 1.54) is 6.92 Å². The average Bonchev–Trinajstić information content (AvgIpc) is 2.58. The van der Waals surface area contributed by atoms with E-state index in [0.29, 0.717) is 0 Å². The van der Waals surface area contributed by atoms with E-state index >= 15 is 0 Å². The summed E-state index contributed by atoms with van der Waals surface area (Å²) in [7, 11) is 0. The Kier molecular flexibility index (Phi) is 3.15. The van der Waals surface area contributed by atoms with E-state index in [1.54, 1.807) is 0 Å². The summed E-state index contributed by atoms with van der Waals surface area (Å²) in [5.41, 5.74) is 0. The first-order valence-electron chi connectivity index (χ1n) is 4.34. The molecule has 0 spiro atoms. The molecule has 1 saturated heterocycles. The van der Waals surface area contributed by atoms with Crippen molar-refractivity contribution in [1.82, 2.24) is 0 Å². The standard InChI is InChI=1S/C8H10O8/c1-2-3-4(5(9)10)16-8(15-3,6(11)12)7(13)14/h3-4H,2H2,1H3,(H,9,10)(H,11,12)(H,13,14)/p-3. The molecule has 16 heavy (non-hydrogen) atoms. The number of hydrogen-bond acceptors (Lipinski definition) is 8. The first-order valence-corrected chi connectivity index (χ1v) is 4.34. The van der Waals surface area contributed by atoms with Crippen LogP contribution in [0.4, 0.5) is 0 Å². The van der Waals surface area contributed by atoms with E-state index in [0.717, 1.165) is 0 Å². The summed E-state index contributed by atoms with van der Waals surface area (Å²) in [5.74, 6) is -9.41. The summed E-state index contributed by atoms with van der Waals surface area (Å²) in [4.78, 5) is 31.8. The van der Waals surface area contributed by atoms with Gasteiger partial charge in [-0.05, 0) is 6.42 Å². The molecule has 0 aromatic carbocycles. The summed E-state index contributed by atoms with van der Waals surface area (Å²) in [6, 6.07) is 0. The Bertz CT molecular complexity index is 321. The lowest BCUT2D eigenvalue weighted by atomic mass is 10.1.